The van der Waals surface area contributed by atoms with Crippen molar-refractivity contribution < 1.29 is 9.53 Å². The van der Waals surface area contributed by atoms with Crippen molar-refractivity contribution in [3.05, 3.63) is 94.9 Å². The molecule has 122 valence electrons. The van der Waals surface area contributed by atoms with Crippen molar-refractivity contribution in [3.63, 3.8) is 0 Å². The van der Waals surface area contributed by atoms with Crippen LogP contribution in [0.4, 0.5) is 0 Å². The number of rotatable bonds is 3. The number of esters is 1. The summed E-state index contributed by atoms with van der Waals surface area (Å²) < 4.78 is 5.65. The van der Waals surface area contributed by atoms with Gasteiger partial charge in [0, 0.05) is 6.42 Å². The molecule has 0 saturated heterocycles. The molecule has 0 N–H and O–H groups in total. The minimum atomic E-state index is -0.262. The normalized spacial score (nSPS) is 24.1. The molecule has 3 rings (SSSR count). The van der Waals surface area contributed by atoms with Gasteiger partial charge in [-0.25, -0.2) is 4.79 Å². The number of ether oxygens (including phenoxy) is 1. The summed E-state index contributed by atoms with van der Waals surface area (Å²) in [6.45, 7) is 2.01. The first kappa shape index (κ1) is 16.3. The number of carbonyl (C=O) groups excluding carboxylic acids is 1. The zero-order valence-corrected chi connectivity index (χ0v) is 14.0. The molecule has 0 fully saturated rings. The lowest BCUT2D eigenvalue weighted by atomic mass is 9.94. The zero-order valence-electron chi connectivity index (χ0n) is 14.0. The van der Waals surface area contributed by atoms with E-state index in [0.29, 0.717) is 12.0 Å². The molecule has 3 aliphatic rings. The van der Waals surface area contributed by atoms with Gasteiger partial charge in [0.25, 0.3) is 0 Å². The lowest BCUT2D eigenvalue weighted by molar-refractivity contribution is -0.134. The Labute approximate surface area is 143 Å². The van der Waals surface area contributed by atoms with E-state index in [0.717, 1.165) is 30.6 Å². The van der Waals surface area contributed by atoms with Crippen LogP contribution in [-0.4, -0.2) is 5.97 Å². The molecular weight excluding hydrogens is 296 g/mol. The van der Waals surface area contributed by atoms with Gasteiger partial charge >= 0.3 is 5.97 Å². The van der Waals surface area contributed by atoms with Crippen molar-refractivity contribution in [1.29, 1.82) is 0 Å². The Kier molecular flexibility index (Phi) is 5.27. The molecule has 2 nitrogen and oxygen atoms in total. The van der Waals surface area contributed by atoms with Crippen molar-refractivity contribution in [1.82, 2.24) is 0 Å². The highest BCUT2D eigenvalue weighted by molar-refractivity contribution is 5.93. The first-order valence-electron chi connectivity index (χ1n) is 8.49. The molecule has 0 unspecified atom stereocenters. The molecule has 3 aliphatic carbocycles. The molecule has 24 heavy (non-hydrogen) atoms. The predicted molar refractivity (Wildman–Crippen MR) is 98.1 cm³/mol. The molecule has 0 radical (unpaired) electrons. The van der Waals surface area contributed by atoms with Crippen LogP contribution in [0, 0.1) is 0 Å². The van der Waals surface area contributed by atoms with E-state index in [1.54, 1.807) is 0 Å². The second-order valence-corrected chi connectivity index (χ2v) is 5.92. The van der Waals surface area contributed by atoms with E-state index in [2.05, 4.69) is 30.4 Å². The minimum Gasteiger partial charge on any atom is -0.427 e. The Morgan fingerprint density at radius 2 is 1.67 bits per heavy atom. The first-order chi connectivity index (χ1) is 11.8. The van der Waals surface area contributed by atoms with Crippen molar-refractivity contribution in [2.75, 3.05) is 0 Å². The molecule has 0 heterocycles. The van der Waals surface area contributed by atoms with Crippen LogP contribution in [0.1, 0.15) is 32.6 Å². The van der Waals surface area contributed by atoms with E-state index < -0.39 is 0 Å². The van der Waals surface area contributed by atoms with Crippen LogP contribution >= 0.6 is 0 Å². The van der Waals surface area contributed by atoms with Gasteiger partial charge in [0.15, 0.2) is 0 Å². The average molecular weight is 318 g/mol. The highest BCUT2D eigenvalue weighted by Gasteiger charge is 2.16. The minimum absolute atomic E-state index is 0.262. The Bertz CT molecular complexity index is 762. The maximum Gasteiger partial charge on any atom is 0.342 e. The van der Waals surface area contributed by atoms with E-state index in [1.807, 2.05) is 43.4 Å². The van der Waals surface area contributed by atoms with Crippen molar-refractivity contribution in [2.24, 2.45) is 0 Å². The molecule has 0 amide bonds. The molecule has 0 spiro atoms. The third-order valence-electron chi connectivity index (χ3n) is 4.31. The van der Waals surface area contributed by atoms with Crippen molar-refractivity contribution >= 4 is 5.97 Å². The number of hydrogen-bond acceptors (Lipinski definition) is 2. The van der Waals surface area contributed by atoms with Crippen molar-refractivity contribution in [3.8, 4) is 0 Å². The highest BCUT2D eigenvalue weighted by Crippen LogP contribution is 2.26. The maximum atomic E-state index is 12.4. The Balaban J connectivity index is 1.69. The molecule has 0 aromatic heterocycles. The summed E-state index contributed by atoms with van der Waals surface area (Å²) in [5, 5.41) is 0. The van der Waals surface area contributed by atoms with Gasteiger partial charge in [0.1, 0.15) is 5.76 Å². The Morgan fingerprint density at radius 3 is 2.25 bits per heavy atom. The Morgan fingerprint density at radius 1 is 0.917 bits per heavy atom. The van der Waals surface area contributed by atoms with Crippen LogP contribution in [0.5, 0.6) is 0 Å². The summed E-state index contributed by atoms with van der Waals surface area (Å²) in [4.78, 5) is 12.4. The second kappa shape index (κ2) is 7.78. The van der Waals surface area contributed by atoms with Crippen LogP contribution < -0.4 is 0 Å². The molecule has 0 aromatic carbocycles. The van der Waals surface area contributed by atoms with E-state index in [4.69, 9.17) is 4.74 Å². The summed E-state index contributed by atoms with van der Waals surface area (Å²) in [7, 11) is 0. The monoisotopic (exact) mass is 318 g/mol. The summed E-state index contributed by atoms with van der Waals surface area (Å²) in [5.74, 6) is 0.501. The molecule has 0 atom stereocenters. The van der Waals surface area contributed by atoms with Gasteiger partial charge in [0.05, 0.1) is 5.57 Å². The van der Waals surface area contributed by atoms with Crippen LogP contribution in [0.25, 0.3) is 0 Å². The van der Waals surface area contributed by atoms with Gasteiger partial charge in [0.2, 0.25) is 0 Å². The summed E-state index contributed by atoms with van der Waals surface area (Å²) >= 11 is 0. The zero-order chi connectivity index (χ0) is 16.8. The van der Waals surface area contributed by atoms with E-state index >= 15 is 0 Å². The van der Waals surface area contributed by atoms with E-state index in [1.165, 1.54) is 11.1 Å². The number of allylic oxidation sites excluding steroid dienone is 14. The fourth-order valence-electron chi connectivity index (χ4n) is 2.94. The van der Waals surface area contributed by atoms with Gasteiger partial charge in [-0.3, -0.25) is 0 Å². The molecule has 0 aromatic rings. The van der Waals surface area contributed by atoms with E-state index in [9.17, 15) is 4.79 Å². The molecule has 0 bridgehead atoms. The Hall–Kier alpha value is -2.61. The lowest BCUT2D eigenvalue weighted by Gasteiger charge is -2.15. The van der Waals surface area contributed by atoms with Gasteiger partial charge < -0.3 is 4.74 Å². The average Bonchev–Trinajstić information content (AvgIpc) is 2.67. The quantitative estimate of drug-likeness (QED) is 0.514. The van der Waals surface area contributed by atoms with Gasteiger partial charge in [-0.05, 0) is 42.1 Å². The predicted octanol–water partition coefficient (Wildman–Crippen LogP) is 5.41. The molecule has 0 aliphatic heterocycles. The fraction of sp³-hybridized carbons (Fsp3) is 0.227. The number of carbonyl (C=O) groups is 1. The smallest absolute Gasteiger partial charge is 0.342 e. The largest absolute Gasteiger partial charge is 0.427 e. The fourth-order valence-corrected chi connectivity index (χ4v) is 2.94. The molecule has 0 saturated carbocycles. The molecule has 2 heteroatoms. The summed E-state index contributed by atoms with van der Waals surface area (Å²) in [5.41, 5.74) is 4.29. The summed E-state index contributed by atoms with van der Waals surface area (Å²) in [6, 6.07) is 0. The highest BCUT2D eigenvalue weighted by atomic mass is 16.5. The SMILES string of the molecule is CC/C(OC(=O)C1=CCC(=C2C=CC=CC2)C=C1)=C1\C=CC=CC1. The van der Waals surface area contributed by atoms with E-state index in [-0.39, 0.29) is 5.97 Å². The number of hydrogen-bond donors (Lipinski definition) is 0. The summed E-state index contributed by atoms with van der Waals surface area (Å²) in [6.07, 6.45) is 25.6. The topological polar surface area (TPSA) is 26.3 Å². The van der Waals surface area contributed by atoms with Gasteiger partial charge in [-0.15, -0.1) is 0 Å². The molecular formula is C22H22O2. The van der Waals surface area contributed by atoms with Crippen LogP contribution in [0.3, 0.4) is 0 Å². The third kappa shape index (κ3) is 3.83. The maximum absolute atomic E-state index is 12.4. The van der Waals surface area contributed by atoms with Gasteiger partial charge in [-0.1, -0.05) is 67.7 Å². The second-order valence-electron chi connectivity index (χ2n) is 5.92. The van der Waals surface area contributed by atoms with Crippen LogP contribution in [0.2, 0.25) is 0 Å². The van der Waals surface area contributed by atoms with Crippen LogP contribution in [0.15, 0.2) is 94.9 Å². The van der Waals surface area contributed by atoms with Crippen LogP contribution in [-0.2, 0) is 9.53 Å². The van der Waals surface area contributed by atoms with Gasteiger partial charge in [-0.2, -0.15) is 0 Å². The lowest BCUT2D eigenvalue weighted by Crippen LogP contribution is -2.10. The standard InChI is InChI=1S/C22H22O2/c1-2-21(19-11-7-4-8-12-19)24-22(23)20-15-13-18(14-16-20)17-9-5-3-6-10-17/h3-9,11,13,15-16H,2,10,12,14H2,1H3/b18-17?,21-19-. The third-order valence-corrected chi connectivity index (χ3v) is 4.31. The first-order valence-corrected chi connectivity index (χ1v) is 8.49. The van der Waals surface area contributed by atoms with Crippen molar-refractivity contribution in [2.45, 2.75) is 32.6 Å².